The SMILES string of the molecule is CCOc1cc(C[NH+]2CCN(C(=O)COc3cccc(C)c3)CC2)ccc1OC. The molecular formula is C23H31N2O4+. The van der Waals surface area contributed by atoms with E-state index in [0.717, 1.165) is 55.5 Å². The Morgan fingerprint density at radius 1 is 1.07 bits per heavy atom. The Bertz CT molecular complexity index is 816. The Labute approximate surface area is 173 Å². The summed E-state index contributed by atoms with van der Waals surface area (Å²) in [6.07, 6.45) is 0. The molecular weight excluding hydrogens is 368 g/mol. The van der Waals surface area contributed by atoms with Gasteiger partial charge in [0.05, 0.1) is 39.9 Å². The van der Waals surface area contributed by atoms with Crippen LogP contribution in [0.1, 0.15) is 18.1 Å². The van der Waals surface area contributed by atoms with Crippen LogP contribution in [-0.4, -0.2) is 57.3 Å². The van der Waals surface area contributed by atoms with Crippen LogP contribution in [0.4, 0.5) is 0 Å². The second kappa shape index (κ2) is 10.2. The maximum absolute atomic E-state index is 12.5. The molecule has 2 aromatic carbocycles. The van der Waals surface area contributed by atoms with Crippen LogP contribution in [0.5, 0.6) is 17.2 Å². The third kappa shape index (κ3) is 5.87. The fraction of sp³-hybridized carbons (Fsp3) is 0.435. The molecule has 0 saturated carbocycles. The van der Waals surface area contributed by atoms with Crippen LogP contribution in [0.25, 0.3) is 0 Å². The zero-order chi connectivity index (χ0) is 20.6. The normalized spacial score (nSPS) is 14.5. The van der Waals surface area contributed by atoms with Crippen molar-refractivity contribution in [3.8, 4) is 17.2 Å². The topological polar surface area (TPSA) is 52.4 Å². The van der Waals surface area contributed by atoms with Gasteiger partial charge >= 0.3 is 0 Å². The fourth-order valence-electron chi connectivity index (χ4n) is 3.58. The highest BCUT2D eigenvalue weighted by molar-refractivity contribution is 5.77. The number of quaternary nitrogens is 1. The third-order valence-corrected chi connectivity index (χ3v) is 5.16. The first kappa shape index (κ1) is 21.0. The number of carbonyl (C=O) groups is 1. The summed E-state index contributed by atoms with van der Waals surface area (Å²) < 4.78 is 16.7. The van der Waals surface area contributed by atoms with Gasteiger partial charge in [-0.15, -0.1) is 0 Å². The van der Waals surface area contributed by atoms with Gasteiger partial charge in [-0.2, -0.15) is 0 Å². The van der Waals surface area contributed by atoms with Gasteiger partial charge in [0.2, 0.25) is 0 Å². The summed E-state index contributed by atoms with van der Waals surface area (Å²) in [5, 5.41) is 0. The Balaban J connectivity index is 1.47. The highest BCUT2D eigenvalue weighted by Gasteiger charge is 2.24. The lowest BCUT2D eigenvalue weighted by molar-refractivity contribution is -0.917. The fourth-order valence-corrected chi connectivity index (χ4v) is 3.58. The predicted octanol–water partition coefficient (Wildman–Crippen LogP) is 1.71. The predicted molar refractivity (Wildman–Crippen MR) is 112 cm³/mol. The van der Waals surface area contributed by atoms with Gasteiger partial charge in [-0.3, -0.25) is 4.79 Å². The van der Waals surface area contributed by atoms with Crippen LogP contribution >= 0.6 is 0 Å². The molecule has 0 radical (unpaired) electrons. The van der Waals surface area contributed by atoms with Crippen molar-refractivity contribution in [3.63, 3.8) is 0 Å². The van der Waals surface area contributed by atoms with Gasteiger partial charge in [0, 0.05) is 5.56 Å². The van der Waals surface area contributed by atoms with E-state index in [1.807, 2.05) is 49.1 Å². The van der Waals surface area contributed by atoms with E-state index >= 15 is 0 Å². The van der Waals surface area contributed by atoms with Crippen molar-refractivity contribution < 1.29 is 23.9 Å². The molecule has 156 valence electrons. The van der Waals surface area contributed by atoms with Crippen LogP contribution < -0.4 is 19.1 Å². The molecule has 29 heavy (non-hydrogen) atoms. The molecule has 1 amide bonds. The van der Waals surface area contributed by atoms with Crippen LogP contribution in [0.15, 0.2) is 42.5 Å². The lowest BCUT2D eigenvalue weighted by Gasteiger charge is -2.32. The van der Waals surface area contributed by atoms with E-state index in [0.29, 0.717) is 6.61 Å². The smallest absolute Gasteiger partial charge is 0.260 e. The van der Waals surface area contributed by atoms with E-state index in [9.17, 15) is 4.79 Å². The third-order valence-electron chi connectivity index (χ3n) is 5.16. The quantitative estimate of drug-likeness (QED) is 0.734. The van der Waals surface area contributed by atoms with Crippen LogP contribution in [-0.2, 0) is 11.3 Å². The zero-order valence-electron chi connectivity index (χ0n) is 17.6. The van der Waals surface area contributed by atoms with Gasteiger partial charge < -0.3 is 24.0 Å². The number of nitrogens with zero attached hydrogens (tertiary/aromatic N) is 1. The van der Waals surface area contributed by atoms with Crippen molar-refractivity contribution in [2.24, 2.45) is 0 Å². The molecule has 1 saturated heterocycles. The highest BCUT2D eigenvalue weighted by atomic mass is 16.5. The first-order chi connectivity index (χ1) is 14.1. The molecule has 1 aliphatic heterocycles. The standard InChI is InChI=1S/C23H30N2O4/c1-4-28-22-15-19(8-9-21(22)27-3)16-24-10-12-25(13-11-24)23(26)17-29-20-7-5-6-18(2)14-20/h5-9,14-15H,4,10-13,16-17H2,1-3H3/p+1. The van der Waals surface area contributed by atoms with Crippen molar-refractivity contribution in [2.75, 3.05) is 46.5 Å². The van der Waals surface area contributed by atoms with Crippen LogP contribution in [0.2, 0.25) is 0 Å². The number of hydrogen-bond acceptors (Lipinski definition) is 4. The van der Waals surface area contributed by atoms with E-state index in [2.05, 4.69) is 12.1 Å². The van der Waals surface area contributed by atoms with E-state index in [1.165, 1.54) is 10.5 Å². The number of hydrogen-bond donors (Lipinski definition) is 1. The number of nitrogens with one attached hydrogen (secondary N) is 1. The van der Waals surface area contributed by atoms with E-state index in [4.69, 9.17) is 14.2 Å². The van der Waals surface area contributed by atoms with Crippen molar-refractivity contribution in [1.29, 1.82) is 0 Å². The summed E-state index contributed by atoms with van der Waals surface area (Å²) >= 11 is 0. The number of piperazine rings is 1. The van der Waals surface area contributed by atoms with E-state index < -0.39 is 0 Å². The van der Waals surface area contributed by atoms with Gasteiger partial charge in [-0.1, -0.05) is 12.1 Å². The average molecular weight is 400 g/mol. The Morgan fingerprint density at radius 3 is 2.55 bits per heavy atom. The summed E-state index contributed by atoms with van der Waals surface area (Å²) in [5.41, 5.74) is 2.34. The van der Waals surface area contributed by atoms with Gasteiger partial charge in [0.25, 0.3) is 5.91 Å². The average Bonchev–Trinajstić information content (AvgIpc) is 2.73. The van der Waals surface area contributed by atoms with Crippen molar-refractivity contribution in [2.45, 2.75) is 20.4 Å². The summed E-state index contributed by atoms with van der Waals surface area (Å²) in [7, 11) is 1.65. The Kier molecular flexibility index (Phi) is 7.36. The second-order valence-electron chi connectivity index (χ2n) is 7.33. The molecule has 1 N–H and O–H groups in total. The second-order valence-corrected chi connectivity index (χ2v) is 7.33. The van der Waals surface area contributed by atoms with E-state index in [-0.39, 0.29) is 12.5 Å². The minimum atomic E-state index is 0.0497. The van der Waals surface area contributed by atoms with Crippen molar-refractivity contribution >= 4 is 5.91 Å². The van der Waals surface area contributed by atoms with Gasteiger partial charge in [-0.05, 0) is 49.7 Å². The van der Waals surface area contributed by atoms with Gasteiger partial charge in [-0.25, -0.2) is 0 Å². The molecule has 2 aromatic rings. The summed E-state index contributed by atoms with van der Waals surface area (Å²) in [6.45, 7) is 8.93. The minimum absolute atomic E-state index is 0.0497. The molecule has 6 heteroatoms. The number of benzene rings is 2. The number of amides is 1. The lowest BCUT2D eigenvalue weighted by atomic mass is 10.1. The minimum Gasteiger partial charge on any atom is -0.493 e. The Morgan fingerprint density at radius 2 is 1.86 bits per heavy atom. The molecule has 1 aliphatic rings. The number of aryl methyl sites for hydroxylation is 1. The molecule has 1 heterocycles. The van der Waals surface area contributed by atoms with E-state index in [1.54, 1.807) is 7.11 Å². The number of carbonyl (C=O) groups excluding carboxylic acids is 1. The summed E-state index contributed by atoms with van der Waals surface area (Å²) in [6, 6.07) is 13.9. The summed E-state index contributed by atoms with van der Waals surface area (Å²) in [5.74, 6) is 2.34. The molecule has 1 fully saturated rings. The van der Waals surface area contributed by atoms with Gasteiger partial charge in [0.15, 0.2) is 18.1 Å². The monoisotopic (exact) mass is 399 g/mol. The zero-order valence-corrected chi connectivity index (χ0v) is 17.6. The largest absolute Gasteiger partial charge is 0.493 e. The number of rotatable bonds is 8. The summed E-state index contributed by atoms with van der Waals surface area (Å²) in [4.78, 5) is 15.8. The molecule has 3 rings (SSSR count). The first-order valence-electron chi connectivity index (χ1n) is 10.2. The lowest BCUT2D eigenvalue weighted by Crippen LogP contribution is -3.13. The molecule has 0 bridgehead atoms. The maximum Gasteiger partial charge on any atom is 0.260 e. The number of methoxy groups -OCH3 is 1. The molecule has 0 aliphatic carbocycles. The van der Waals surface area contributed by atoms with Crippen molar-refractivity contribution in [1.82, 2.24) is 4.90 Å². The molecule has 0 spiro atoms. The Hall–Kier alpha value is -2.73. The first-order valence-corrected chi connectivity index (χ1v) is 10.2. The van der Waals surface area contributed by atoms with Gasteiger partial charge in [0.1, 0.15) is 12.3 Å². The maximum atomic E-state index is 12.5. The molecule has 0 aromatic heterocycles. The number of ether oxygens (including phenoxy) is 3. The molecule has 0 atom stereocenters. The molecule has 0 unspecified atom stereocenters. The van der Waals surface area contributed by atoms with Crippen LogP contribution in [0.3, 0.4) is 0 Å². The highest BCUT2D eigenvalue weighted by Crippen LogP contribution is 2.27. The molecule has 6 nitrogen and oxygen atoms in total. The van der Waals surface area contributed by atoms with Crippen molar-refractivity contribution in [3.05, 3.63) is 53.6 Å². The van der Waals surface area contributed by atoms with Crippen LogP contribution in [0, 0.1) is 6.92 Å².